The van der Waals surface area contributed by atoms with Crippen molar-refractivity contribution in [2.24, 2.45) is 0 Å². The molecule has 0 bridgehead atoms. The van der Waals surface area contributed by atoms with E-state index in [0.717, 1.165) is 11.3 Å². The second-order valence-corrected chi connectivity index (χ2v) is 7.57. The zero-order valence-corrected chi connectivity index (χ0v) is 15.4. The molecule has 0 radical (unpaired) electrons. The molecule has 0 aliphatic rings. The third-order valence-electron chi connectivity index (χ3n) is 3.12. The Labute approximate surface area is 157 Å². The first kappa shape index (κ1) is 17.4. The number of furan rings is 1. The van der Waals surface area contributed by atoms with Gasteiger partial charge >= 0.3 is 0 Å². The highest BCUT2D eigenvalue weighted by molar-refractivity contribution is 7.99. The van der Waals surface area contributed by atoms with Crippen LogP contribution in [0.15, 0.2) is 52.6 Å². The summed E-state index contributed by atoms with van der Waals surface area (Å²) in [4.78, 5) is 16.8. The average Bonchev–Trinajstić information content (AvgIpc) is 3.24. The monoisotopic (exact) mass is 398 g/mol. The molecule has 0 saturated heterocycles. The number of halogens is 2. The minimum atomic E-state index is -0.464. The molecule has 2 heterocycles. The molecule has 1 amide bonds. The van der Waals surface area contributed by atoms with Crippen molar-refractivity contribution in [3.05, 3.63) is 69.5 Å². The molecule has 24 heavy (non-hydrogen) atoms. The Hall–Kier alpha value is -1.47. The van der Waals surface area contributed by atoms with Gasteiger partial charge in [0.15, 0.2) is 5.13 Å². The van der Waals surface area contributed by atoms with Crippen LogP contribution >= 0.6 is 46.3 Å². The summed E-state index contributed by atoms with van der Waals surface area (Å²) in [6.07, 6.45) is 3.25. The van der Waals surface area contributed by atoms with Crippen molar-refractivity contribution in [2.45, 2.75) is 11.0 Å². The number of rotatable bonds is 6. The molecule has 0 aliphatic heterocycles. The van der Waals surface area contributed by atoms with Crippen molar-refractivity contribution in [3.8, 4) is 0 Å². The number of aromatic nitrogens is 1. The highest BCUT2D eigenvalue weighted by Crippen LogP contribution is 2.36. The summed E-state index contributed by atoms with van der Waals surface area (Å²) in [5.41, 5.74) is 0.773. The average molecular weight is 399 g/mol. The smallest absolute Gasteiger partial charge is 0.243 e. The Morgan fingerprint density at radius 2 is 2.21 bits per heavy atom. The van der Waals surface area contributed by atoms with E-state index in [1.165, 1.54) is 23.1 Å². The Bertz CT molecular complexity index is 808. The van der Waals surface area contributed by atoms with Gasteiger partial charge in [0.2, 0.25) is 5.91 Å². The SMILES string of the molecule is O=C(Nc1nccs1)C(SCc1ccco1)c1ccc(Cl)c(Cl)c1. The molecule has 8 heteroatoms. The van der Waals surface area contributed by atoms with Gasteiger partial charge in [0.05, 0.1) is 22.1 Å². The van der Waals surface area contributed by atoms with E-state index in [0.29, 0.717) is 20.9 Å². The first-order chi connectivity index (χ1) is 11.6. The molecule has 3 rings (SSSR count). The molecule has 1 unspecified atom stereocenters. The van der Waals surface area contributed by atoms with E-state index in [2.05, 4.69) is 10.3 Å². The van der Waals surface area contributed by atoms with Gasteiger partial charge in [-0.15, -0.1) is 23.1 Å². The summed E-state index contributed by atoms with van der Waals surface area (Å²) in [6.45, 7) is 0. The molecule has 0 aliphatic carbocycles. The van der Waals surface area contributed by atoms with Gasteiger partial charge in [0, 0.05) is 11.6 Å². The molecule has 124 valence electrons. The van der Waals surface area contributed by atoms with Gasteiger partial charge in [-0.3, -0.25) is 4.79 Å². The Morgan fingerprint density at radius 3 is 2.88 bits per heavy atom. The van der Waals surface area contributed by atoms with Gasteiger partial charge in [-0.2, -0.15) is 0 Å². The summed E-state index contributed by atoms with van der Waals surface area (Å²) in [5, 5.41) is 5.60. The van der Waals surface area contributed by atoms with E-state index < -0.39 is 5.25 Å². The van der Waals surface area contributed by atoms with Crippen LogP contribution in [-0.4, -0.2) is 10.9 Å². The number of carbonyl (C=O) groups is 1. The zero-order chi connectivity index (χ0) is 16.9. The van der Waals surface area contributed by atoms with Crippen LogP contribution in [0, 0.1) is 0 Å². The summed E-state index contributed by atoms with van der Waals surface area (Å²) in [6, 6.07) is 8.90. The topological polar surface area (TPSA) is 55.1 Å². The van der Waals surface area contributed by atoms with E-state index in [9.17, 15) is 4.79 Å². The molecule has 4 nitrogen and oxygen atoms in total. The van der Waals surface area contributed by atoms with Crippen molar-refractivity contribution in [3.63, 3.8) is 0 Å². The number of carbonyl (C=O) groups excluding carboxylic acids is 1. The fourth-order valence-electron chi connectivity index (χ4n) is 2.02. The second-order valence-electron chi connectivity index (χ2n) is 4.77. The van der Waals surface area contributed by atoms with Crippen LogP contribution in [0.1, 0.15) is 16.6 Å². The number of hydrogen-bond acceptors (Lipinski definition) is 5. The number of benzene rings is 1. The highest BCUT2D eigenvalue weighted by atomic mass is 35.5. The van der Waals surface area contributed by atoms with Crippen molar-refractivity contribution >= 4 is 57.3 Å². The Morgan fingerprint density at radius 1 is 1.33 bits per heavy atom. The van der Waals surface area contributed by atoms with Gasteiger partial charge in [-0.1, -0.05) is 29.3 Å². The standard InChI is InChI=1S/C16H12Cl2N2O2S2/c17-12-4-3-10(8-13(12)18)14(24-9-11-2-1-6-22-11)15(21)20-16-19-5-7-23-16/h1-8,14H,9H2,(H,19,20,21). The number of nitrogens with zero attached hydrogens (tertiary/aromatic N) is 1. The maximum Gasteiger partial charge on any atom is 0.243 e. The molecular formula is C16H12Cl2N2O2S2. The van der Waals surface area contributed by atoms with E-state index in [4.69, 9.17) is 27.6 Å². The van der Waals surface area contributed by atoms with E-state index in [1.807, 2.05) is 12.1 Å². The largest absolute Gasteiger partial charge is 0.468 e. The minimum Gasteiger partial charge on any atom is -0.468 e. The van der Waals surface area contributed by atoms with Gasteiger partial charge in [0.1, 0.15) is 11.0 Å². The maximum atomic E-state index is 12.7. The fraction of sp³-hybridized carbons (Fsp3) is 0.125. The number of thioether (sulfide) groups is 1. The van der Waals surface area contributed by atoms with Crippen molar-refractivity contribution < 1.29 is 9.21 Å². The summed E-state index contributed by atoms with van der Waals surface area (Å²) in [7, 11) is 0. The summed E-state index contributed by atoms with van der Waals surface area (Å²) in [5.74, 6) is 1.19. The van der Waals surface area contributed by atoms with Gasteiger partial charge in [-0.25, -0.2) is 4.98 Å². The van der Waals surface area contributed by atoms with Gasteiger partial charge in [0.25, 0.3) is 0 Å². The lowest BCUT2D eigenvalue weighted by molar-refractivity contribution is -0.115. The van der Waals surface area contributed by atoms with Crippen LogP contribution in [0.2, 0.25) is 10.0 Å². The molecule has 1 aromatic carbocycles. The van der Waals surface area contributed by atoms with Gasteiger partial charge in [-0.05, 0) is 29.8 Å². The van der Waals surface area contributed by atoms with Crippen molar-refractivity contribution in [2.75, 3.05) is 5.32 Å². The molecule has 0 fully saturated rings. The van der Waals surface area contributed by atoms with Crippen molar-refractivity contribution in [1.29, 1.82) is 0 Å². The predicted molar refractivity (Wildman–Crippen MR) is 99.9 cm³/mol. The highest BCUT2D eigenvalue weighted by Gasteiger charge is 2.23. The molecule has 0 saturated carbocycles. The lowest BCUT2D eigenvalue weighted by Gasteiger charge is -2.16. The number of amides is 1. The molecule has 0 spiro atoms. The third-order valence-corrected chi connectivity index (χ3v) is 5.82. The van der Waals surface area contributed by atoms with Gasteiger partial charge < -0.3 is 9.73 Å². The van der Waals surface area contributed by atoms with Crippen LogP contribution in [0.25, 0.3) is 0 Å². The lowest BCUT2D eigenvalue weighted by Crippen LogP contribution is -2.19. The predicted octanol–water partition coefficient (Wildman–Crippen LogP) is 5.66. The Balaban J connectivity index is 1.81. The van der Waals surface area contributed by atoms with Crippen LogP contribution in [0.4, 0.5) is 5.13 Å². The number of hydrogen-bond donors (Lipinski definition) is 1. The summed E-state index contributed by atoms with van der Waals surface area (Å²) < 4.78 is 5.34. The normalized spacial score (nSPS) is 12.1. The lowest BCUT2D eigenvalue weighted by atomic mass is 10.1. The van der Waals surface area contributed by atoms with Crippen LogP contribution in [0.5, 0.6) is 0 Å². The van der Waals surface area contributed by atoms with Crippen molar-refractivity contribution in [1.82, 2.24) is 4.98 Å². The van der Waals surface area contributed by atoms with E-state index in [1.54, 1.807) is 36.0 Å². The van der Waals surface area contributed by atoms with Crippen LogP contribution < -0.4 is 5.32 Å². The second kappa shape index (κ2) is 8.07. The minimum absolute atomic E-state index is 0.167. The van der Waals surface area contributed by atoms with E-state index >= 15 is 0 Å². The quantitative estimate of drug-likeness (QED) is 0.582. The molecule has 2 aromatic heterocycles. The molecule has 1 atom stereocenters. The van der Waals surface area contributed by atoms with Crippen LogP contribution in [-0.2, 0) is 10.5 Å². The number of nitrogens with one attached hydrogen (secondary N) is 1. The Kier molecular flexibility index (Phi) is 5.84. The molecule has 3 aromatic rings. The fourth-order valence-corrected chi connectivity index (χ4v) is 3.90. The van der Waals surface area contributed by atoms with E-state index in [-0.39, 0.29) is 5.91 Å². The number of anilines is 1. The molecular weight excluding hydrogens is 387 g/mol. The number of thiazole rings is 1. The molecule has 1 N–H and O–H groups in total. The third kappa shape index (κ3) is 4.33. The zero-order valence-electron chi connectivity index (χ0n) is 12.2. The summed E-state index contributed by atoms with van der Waals surface area (Å²) >= 11 is 14.9. The first-order valence-corrected chi connectivity index (χ1v) is 9.61. The van der Waals surface area contributed by atoms with Crippen LogP contribution in [0.3, 0.4) is 0 Å². The maximum absolute atomic E-state index is 12.7. The first-order valence-electron chi connectivity index (χ1n) is 6.93.